The van der Waals surface area contributed by atoms with E-state index in [1.807, 2.05) is 24.3 Å². The molecule has 0 saturated carbocycles. The predicted octanol–water partition coefficient (Wildman–Crippen LogP) is 3.33. The van der Waals surface area contributed by atoms with Crippen molar-refractivity contribution in [2.45, 2.75) is 19.8 Å². The average Bonchev–Trinajstić information content (AvgIpc) is 3.26. The summed E-state index contributed by atoms with van der Waals surface area (Å²) in [5.74, 6) is 3.27. The maximum atomic E-state index is 5.52. The molecule has 2 N–H and O–H groups in total. The number of rotatable bonds is 9. The minimum absolute atomic E-state index is 0.548. The van der Waals surface area contributed by atoms with Crippen molar-refractivity contribution in [2.75, 3.05) is 51.8 Å². The zero-order chi connectivity index (χ0) is 21.2. The number of nitrogens with one attached hydrogen (secondary N) is 2. The highest BCUT2D eigenvalue weighted by molar-refractivity contribution is 5.79. The van der Waals surface area contributed by atoms with Crippen LogP contribution in [0.15, 0.2) is 53.5 Å². The van der Waals surface area contributed by atoms with E-state index in [9.17, 15) is 0 Å². The van der Waals surface area contributed by atoms with Crippen LogP contribution in [-0.2, 0) is 6.42 Å². The van der Waals surface area contributed by atoms with E-state index in [0.29, 0.717) is 5.92 Å². The molecule has 0 aliphatic carbocycles. The highest BCUT2D eigenvalue weighted by Crippen LogP contribution is 2.31. The van der Waals surface area contributed by atoms with Gasteiger partial charge in [-0.1, -0.05) is 24.3 Å². The van der Waals surface area contributed by atoms with E-state index in [0.717, 1.165) is 63.0 Å². The van der Waals surface area contributed by atoms with Gasteiger partial charge in [-0.05, 0) is 55.5 Å². The Hall–Kier alpha value is -2.89. The predicted molar refractivity (Wildman–Crippen MR) is 124 cm³/mol. The number of aliphatic imine (C=N–C) groups is 1. The van der Waals surface area contributed by atoms with Gasteiger partial charge < -0.3 is 25.0 Å². The quantitative estimate of drug-likeness (QED) is 0.491. The maximum Gasteiger partial charge on any atom is 0.191 e. The molecule has 0 radical (unpaired) electrons. The summed E-state index contributed by atoms with van der Waals surface area (Å²) in [6.45, 7) is 6.67. The van der Waals surface area contributed by atoms with E-state index in [-0.39, 0.29) is 0 Å². The van der Waals surface area contributed by atoms with E-state index in [1.165, 1.54) is 11.3 Å². The van der Waals surface area contributed by atoms with E-state index in [4.69, 9.17) is 14.5 Å². The highest BCUT2D eigenvalue weighted by Gasteiger charge is 2.24. The fraction of sp³-hybridized carbons (Fsp3) is 0.458. The van der Waals surface area contributed by atoms with Crippen molar-refractivity contribution in [3.05, 3.63) is 54.1 Å². The van der Waals surface area contributed by atoms with Gasteiger partial charge in [0.25, 0.3) is 0 Å². The van der Waals surface area contributed by atoms with Gasteiger partial charge >= 0.3 is 0 Å². The van der Waals surface area contributed by atoms with Crippen molar-refractivity contribution in [2.24, 2.45) is 10.9 Å². The first-order chi connectivity index (χ1) is 14.7. The van der Waals surface area contributed by atoms with Crippen molar-refractivity contribution >= 4 is 11.6 Å². The Labute approximate surface area is 180 Å². The molecule has 1 heterocycles. The Balaban J connectivity index is 1.49. The fourth-order valence-electron chi connectivity index (χ4n) is 3.77. The van der Waals surface area contributed by atoms with Crippen LogP contribution < -0.4 is 25.0 Å². The zero-order valence-electron chi connectivity index (χ0n) is 18.4. The lowest BCUT2D eigenvalue weighted by atomic mass is 10.1. The van der Waals surface area contributed by atoms with Crippen LogP contribution in [0.5, 0.6) is 11.5 Å². The molecule has 162 valence electrons. The lowest BCUT2D eigenvalue weighted by molar-refractivity contribution is 0.414. The minimum Gasteiger partial charge on any atom is -0.497 e. The normalized spacial score (nSPS) is 16.4. The van der Waals surface area contributed by atoms with Crippen molar-refractivity contribution in [1.82, 2.24) is 10.6 Å². The van der Waals surface area contributed by atoms with Crippen LogP contribution in [-0.4, -0.2) is 52.9 Å². The SMILES string of the molecule is CCNC(=NCC1CCN(c2ccccc2OC)C1)NCCc1ccc(OC)cc1. The van der Waals surface area contributed by atoms with E-state index < -0.39 is 0 Å². The van der Waals surface area contributed by atoms with Gasteiger partial charge in [0.2, 0.25) is 0 Å². The van der Waals surface area contributed by atoms with E-state index in [1.54, 1.807) is 14.2 Å². The highest BCUT2D eigenvalue weighted by atomic mass is 16.5. The van der Waals surface area contributed by atoms with Crippen LogP contribution in [0.2, 0.25) is 0 Å². The van der Waals surface area contributed by atoms with Crippen LogP contribution in [0.3, 0.4) is 0 Å². The van der Waals surface area contributed by atoms with Crippen molar-refractivity contribution in [3.8, 4) is 11.5 Å². The smallest absolute Gasteiger partial charge is 0.191 e. The Bertz CT molecular complexity index is 807. The molecule has 2 aromatic carbocycles. The summed E-state index contributed by atoms with van der Waals surface area (Å²) in [5.41, 5.74) is 2.46. The first-order valence-electron chi connectivity index (χ1n) is 10.8. The molecule has 0 spiro atoms. The minimum atomic E-state index is 0.548. The van der Waals surface area contributed by atoms with Gasteiger partial charge in [0.05, 0.1) is 19.9 Å². The molecule has 1 saturated heterocycles. The lowest BCUT2D eigenvalue weighted by Gasteiger charge is -2.21. The second-order valence-electron chi connectivity index (χ2n) is 7.52. The molecule has 3 rings (SSSR count). The Kier molecular flexibility index (Phi) is 8.24. The van der Waals surface area contributed by atoms with Gasteiger partial charge in [-0.2, -0.15) is 0 Å². The molecule has 1 unspecified atom stereocenters. The molecule has 2 aromatic rings. The van der Waals surface area contributed by atoms with Crippen molar-refractivity contribution in [3.63, 3.8) is 0 Å². The van der Waals surface area contributed by atoms with Crippen LogP contribution in [0, 0.1) is 5.92 Å². The van der Waals surface area contributed by atoms with Gasteiger partial charge in [0.15, 0.2) is 5.96 Å². The van der Waals surface area contributed by atoms with Crippen LogP contribution in [0.4, 0.5) is 5.69 Å². The Morgan fingerprint density at radius 1 is 1.07 bits per heavy atom. The Morgan fingerprint density at radius 2 is 1.87 bits per heavy atom. The van der Waals surface area contributed by atoms with Gasteiger partial charge in [-0.15, -0.1) is 0 Å². The second kappa shape index (κ2) is 11.3. The molecule has 1 aliphatic heterocycles. The molecule has 1 fully saturated rings. The Morgan fingerprint density at radius 3 is 2.60 bits per heavy atom. The number of hydrogen-bond acceptors (Lipinski definition) is 4. The van der Waals surface area contributed by atoms with E-state index in [2.05, 4.69) is 46.7 Å². The third kappa shape index (κ3) is 6.05. The van der Waals surface area contributed by atoms with Crippen LogP contribution in [0.25, 0.3) is 0 Å². The molecule has 6 nitrogen and oxygen atoms in total. The molecule has 30 heavy (non-hydrogen) atoms. The number of guanidine groups is 1. The summed E-state index contributed by atoms with van der Waals surface area (Å²) in [6, 6.07) is 16.5. The maximum absolute atomic E-state index is 5.52. The van der Waals surface area contributed by atoms with E-state index >= 15 is 0 Å². The molecular formula is C24H34N4O2. The number of hydrogen-bond donors (Lipinski definition) is 2. The van der Waals surface area contributed by atoms with Gasteiger partial charge in [0, 0.05) is 32.7 Å². The average molecular weight is 411 g/mol. The summed E-state index contributed by atoms with van der Waals surface area (Å²) in [6.07, 6.45) is 2.09. The van der Waals surface area contributed by atoms with Crippen LogP contribution >= 0.6 is 0 Å². The molecule has 0 aromatic heterocycles. The number of nitrogens with zero attached hydrogens (tertiary/aromatic N) is 2. The van der Waals surface area contributed by atoms with Gasteiger partial charge in [-0.3, -0.25) is 4.99 Å². The summed E-state index contributed by atoms with van der Waals surface area (Å²) in [7, 11) is 3.42. The molecule has 1 aliphatic rings. The standard InChI is InChI=1S/C24H34N4O2/c1-4-25-24(26-15-13-19-9-11-21(29-2)12-10-19)27-17-20-14-16-28(18-20)22-7-5-6-8-23(22)30-3/h5-12,20H,4,13-18H2,1-3H3,(H2,25,26,27). The van der Waals surface area contributed by atoms with Gasteiger partial charge in [-0.25, -0.2) is 0 Å². The number of methoxy groups -OCH3 is 2. The molecule has 6 heteroatoms. The molecule has 1 atom stereocenters. The third-order valence-electron chi connectivity index (χ3n) is 5.43. The van der Waals surface area contributed by atoms with Crippen molar-refractivity contribution in [1.29, 1.82) is 0 Å². The van der Waals surface area contributed by atoms with Crippen LogP contribution in [0.1, 0.15) is 18.9 Å². The number of benzene rings is 2. The number of anilines is 1. The number of para-hydroxylation sites is 2. The lowest BCUT2D eigenvalue weighted by Crippen LogP contribution is -2.38. The molecule has 0 amide bonds. The zero-order valence-corrected chi connectivity index (χ0v) is 18.4. The molecule has 0 bridgehead atoms. The third-order valence-corrected chi connectivity index (χ3v) is 5.43. The monoisotopic (exact) mass is 410 g/mol. The largest absolute Gasteiger partial charge is 0.497 e. The first kappa shape index (κ1) is 21.8. The summed E-state index contributed by atoms with van der Waals surface area (Å²) >= 11 is 0. The fourth-order valence-corrected chi connectivity index (χ4v) is 3.77. The second-order valence-corrected chi connectivity index (χ2v) is 7.52. The van der Waals surface area contributed by atoms with Crippen molar-refractivity contribution < 1.29 is 9.47 Å². The number of ether oxygens (including phenoxy) is 2. The van der Waals surface area contributed by atoms with Gasteiger partial charge in [0.1, 0.15) is 11.5 Å². The molecular weight excluding hydrogens is 376 g/mol. The summed E-state index contributed by atoms with van der Waals surface area (Å²) in [5, 5.41) is 6.81. The summed E-state index contributed by atoms with van der Waals surface area (Å²) < 4.78 is 10.7. The summed E-state index contributed by atoms with van der Waals surface area (Å²) in [4.78, 5) is 7.25. The first-order valence-corrected chi connectivity index (χ1v) is 10.8. The topological polar surface area (TPSA) is 58.1 Å².